The maximum absolute atomic E-state index is 9.03. The summed E-state index contributed by atoms with van der Waals surface area (Å²) in [7, 11) is 0. The predicted octanol–water partition coefficient (Wildman–Crippen LogP) is 2.62. The van der Waals surface area contributed by atoms with E-state index in [2.05, 4.69) is 34.0 Å². The zero-order valence-corrected chi connectivity index (χ0v) is 12.9. The fourth-order valence-corrected chi connectivity index (χ4v) is 3.19. The molecule has 114 valence electrons. The number of likely N-dealkylation sites (tertiary alicyclic amines) is 1. The standard InChI is InChI=1S/C17H21N5/c1-14(17-4-2-3-16(9-17)10-18)21-7-5-15(6-8-21)11-22-13-19-12-20-22/h2-4,9,12-15H,5-8,11H2,1H3. The summed E-state index contributed by atoms with van der Waals surface area (Å²) in [5.74, 6) is 0.676. The average molecular weight is 295 g/mol. The Labute approximate surface area is 131 Å². The van der Waals surface area contributed by atoms with Gasteiger partial charge in [-0.2, -0.15) is 10.4 Å². The zero-order valence-electron chi connectivity index (χ0n) is 12.9. The van der Waals surface area contributed by atoms with Crippen LogP contribution in [0.1, 0.15) is 36.9 Å². The van der Waals surface area contributed by atoms with Gasteiger partial charge in [0.1, 0.15) is 12.7 Å². The molecule has 0 radical (unpaired) electrons. The van der Waals surface area contributed by atoms with Crippen LogP contribution < -0.4 is 0 Å². The smallest absolute Gasteiger partial charge is 0.137 e. The third kappa shape index (κ3) is 3.34. The molecule has 0 saturated carbocycles. The number of nitrogens with zero attached hydrogens (tertiary/aromatic N) is 5. The molecule has 0 aliphatic carbocycles. The number of aromatic nitrogens is 3. The molecule has 1 unspecified atom stereocenters. The minimum Gasteiger partial charge on any atom is -0.297 e. The number of nitriles is 1. The molecular weight excluding hydrogens is 274 g/mol. The summed E-state index contributed by atoms with van der Waals surface area (Å²) in [6.07, 6.45) is 5.76. The van der Waals surface area contributed by atoms with Crippen LogP contribution in [0.4, 0.5) is 0 Å². The lowest BCUT2D eigenvalue weighted by molar-refractivity contribution is 0.132. The normalized spacial score (nSPS) is 18.0. The lowest BCUT2D eigenvalue weighted by Crippen LogP contribution is -2.36. The van der Waals surface area contributed by atoms with Crippen LogP contribution >= 0.6 is 0 Å². The summed E-state index contributed by atoms with van der Waals surface area (Å²) in [6, 6.07) is 10.5. The van der Waals surface area contributed by atoms with Crippen LogP contribution in [0.15, 0.2) is 36.9 Å². The van der Waals surface area contributed by atoms with Gasteiger partial charge < -0.3 is 0 Å². The Morgan fingerprint density at radius 1 is 1.36 bits per heavy atom. The zero-order chi connectivity index (χ0) is 15.4. The number of piperidine rings is 1. The van der Waals surface area contributed by atoms with E-state index < -0.39 is 0 Å². The van der Waals surface area contributed by atoms with Gasteiger partial charge in [0.2, 0.25) is 0 Å². The Balaban J connectivity index is 1.57. The van der Waals surface area contributed by atoms with Crippen molar-refractivity contribution in [2.24, 2.45) is 5.92 Å². The van der Waals surface area contributed by atoms with Crippen molar-refractivity contribution < 1.29 is 0 Å². The van der Waals surface area contributed by atoms with Crippen molar-refractivity contribution in [2.75, 3.05) is 13.1 Å². The first-order valence-electron chi connectivity index (χ1n) is 7.83. The minimum absolute atomic E-state index is 0.362. The molecule has 0 N–H and O–H groups in total. The van der Waals surface area contributed by atoms with Gasteiger partial charge in [-0.3, -0.25) is 9.58 Å². The van der Waals surface area contributed by atoms with Crippen molar-refractivity contribution >= 4 is 0 Å². The topological polar surface area (TPSA) is 57.7 Å². The molecule has 1 aromatic heterocycles. The Hall–Kier alpha value is -2.19. The Kier molecular flexibility index (Phi) is 4.50. The molecule has 2 heterocycles. The van der Waals surface area contributed by atoms with Crippen LogP contribution in [0.5, 0.6) is 0 Å². The molecule has 1 fully saturated rings. The number of hydrogen-bond donors (Lipinski definition) is 0. The van der Waals surface area contributed by atoms with E-state index >= 15 is 0 Å². The minimum atomic E-state index is 0.362. The first kappa shape index (κ1) is 14.7. The highest BCUT2D eigenvalue weighted by atomic mass is 15.3. The van der Waals surface area contributed by atoms with Crippen LogP contribution in [0.2, 0.25) is 0 Å². The molecule has 0 spiro atoms. The second kappa shape index (κ2) is 6.71. The molecule has 5 heteroatoms. The Bertz CT molecular complexity index is 635. The molecule has 22 heavy (non-hydrogen) atoms. The van der Waals surface area contributed by atoms with Gasteiger partial charge in [0.15, 0.2) is 0 Å². The molecule has 1 aromatic carbocycles. The van der Waals surface area contributed by atoms with Crippen molar-refractivity contribution in [3.8, 4) is 6.07 Å². The largest absolute Gasteiger partial charge is 0.297 e. The van der Waals surface area contributed by atoms with E-state index in [9.17, 15) is 0 Å². The van der Waals surface area contributed by atoms with Crippen molar-refractivity contribution in [2.45, 2.75) is 32.4 Å². The van der Waals surface area contributed by atoms with E-state index in [1.165, 1.54) is 18.4 Å². The van der Waals surface area contributed by atoms with Gasteiger partial charge in [-0.25, -0.2) is 4.98 Å². The fraction of sp³-hybridized carbons (Fsp3) is 0.471. The van der Waals surface area contributed by atoms with Crippen molar-refractivity contribution in [3.63, 3.8) is 0 Å². The summed E-state index contributed by atoms with van der Waals surface area (Å²) in [5.41, 5.74) is 1.97. The lowest BCUT2D eigenvalue weighted by atomic mass is 9.94. The lowest BCUT2D eigenvalue weighted by Gasteiger charge is -2.36. The summed E-state index contributed by atoms with van der Waals surface area (Å²) < 4.78 is 1.93. The monoisotopic (exact) mass is 295 g/mol. The molecule has 0 bridgehead atoms. The van der Waals surface area contributed by atoms with E-state index in [4.69, 9.17) is 5.26 Å². The number of hydrogen-bond acceptors (Lipinski definition) is 4. The second-order valence-electron chi connectivity index (χ2n) is 6.01. The first-order valence-corrected chi connectivity index (χ1v) is 7.83. The third-order valence-electron chi connectivity index (χ3n) is 4.61. The summed E-state index contributed by atoms with van der Waals surface area (Å²) in [4.78, 5) is 6.51. The quantitative estimate of drug-likeness (QED) is 0.870. The molecular formula is C17H21N5. The highest BCUT2D eigenvalue weighted by Crippen LogP contribution is 2.27. The molecule has 2 aromatic rings. The predicted molar refractivity (Wildman–Crippen MR) is 83.9 cm³/mol. The summed E-state index contributed by atoms with van der Waals surface area (Å²) in [5, 5.41) is 13.2. The van der Waals surface area contributed by atoms with Crippen LogP contribution in [-0.4, -0.2) is 32.8 Å². The van der Waals surface area contributed by atoms with Gasteiger partial charge >= 0.3 is 0 Å². The van der Waals surface area contributed by atoms with Gasteiger partial charge in [0, 0.05) is 12.6 Å². The van der Waals surface area contributed by atoms with Gasteiger partial charge in [0.05, 0.1) is 11.6 Å². The fourth-order valence-electron chi connectivity index (χ4n) is 3.19. The molecule has 3 rings (SSSR count). The second-order valence-corrected chi connectivity index (χ2v) is 6.01. The van der Waals surface area contributed by atoms with Crippen LogP contribution in [-0.2, 0) is 6.54 Å². The maximum atomic E-state index is 9.03. The molecule has 0 amide bonds. The van der Waals surface area contributed by atoms with Crippen molar-refractivity contribution in [1.82, 2.24) is 19.7 Å². The Morgan fingerprint density at radius 3 is 2.86 bits per heavy atom. The van der Waals surface area contributed by atoms with Crippen LogP contribution in [0, 0.1) is 17.2 Å². The average Bonchev–Trinajstić information content (AvgIpc) is 3.08. The van der Waals surface area contributed by atoms with Gasteiger partial charge in [-0.15, -0.1) is 0 Å². The number of rotatable bonds is 4. The van der Waals surface area contributed by atoms with E-state index in [0.717, 1.165) is 25.2 Å². The van der Waals surface area contributed by atoms with E-state index in [1.807, 2.05) is 22.9 Å². The Morgan fingerprint density at radius 2 is 2.18 bits per heavy atom. The highest BCUT2D eigenvalue weighted by molar-refractivity contribution is 5.34. The molecule has 1 aliphatic heterocycles. The molecule has 1 aliphatic rings. The van der Waals surface area contributed by atoms with Crippen LogP contribution in [0.3, 0.4) is 0 Å². The summed E-state index contributed by atoms with van der Waals surface area (Å²) >= 11 is 0. The molecule has 1 saturated heterocycles. The van der Waals surface area contributed by atoms with E-state index in [0.29, 0.717) is 12.0 Å². The molecule has 5 nitrogen and oxygen atoms in total. The van der Waals surface area contributed by atoms with Crippen molar-refractivity contribution in [3.05, 3.63) is 48.0 Å². The van der Waals surface area contributed by atoms with Gasteiger partial charge in [-0.1, -0.05) is 12.1 Å². The SMILES string of the molecule is CC(c1cccc(C#N)c1)N1CCC(Cn2cncn2)CC1. The van der Waals surface area contributed by atoms with Gasteiger partial charge in [0.25, 0.3) is 0 Å². The molecule has 1 atom stereocenters. The first-order chi connectivity index (χ1) is 10.8. The highest BCUT2D eigenvalue weighted by Gasteiger charge is 2.24. The summed E-state index contributed by atoms with van der Waals surface area (Å²) in [6.45, 7) is 5.38. The third-order valence-corrected chi connectivity index (χ3v) is 4.61. The van der Waals surface area contributed by atoms with Crippen molar-refractivity contribution in [1.29, 1.82) is 5.26 Å². The number of benzene rings is 1. The van der Waals surface area contributed by atoms with E-state index in [-0.39, 0.29) is 0 Å². The van der Waals surface area contributed by atoms with Gasteiger partial charge in [-0.05, 0) is 56.5 Å². The van der Waals surface area contributed by atoms with Crippen LogP contribution in [0.25, 0.3) is 0 Å². The maximum Gasteiger partial charge on any atom is 0.137 e. The van der Waals surface area contributed by atoms with E-state index in [1.54, 1.807) is 12.7 Å².